The molecule has 5 heteroatoms. The topological polar surface area (TPSA) is 48.5 Å². The van der Waals surface area contributed by atoms with Gasteiger partial charge in [-0.3, -0.25) is 19.6 Å². The first-order chi connectivity index (χ1) is 16.2. The highest BCUT2D eigenvalue weighted by Crippen LogP contribution is 2.36. The Bertz CT molecular complexity index is 1160. The number of rotatable bonds is 4. The number of hydrogen-bond donors (Lipinski definition) is 1. The number of benzene rings is 2. The summed E-state index contributed by atoms with van der Waals surface area (Å²) in [5.74, 6) is -0.322. The molecule has 2 fully saturated rings. The number of aromatic nitrogens is 1. The molecule has 2 aliphatic heterocycles. The van der Waals surface area contributed by atoms with Gasteiger partial charge in [-0.05, 0) is 48.2 Å². The number of hydrogen-bond acceptors (Lipinski definition) is 4. The first-order valence-corrected chi connectivity index (χ1v) is 12.5. The van der Waals surface area contributed by atoms with Gasteiger partial charge in [-0.15, -0.1) is 0 Å². The molecule has 3 aliphatic rings. The number of pyridine rings is 1. The normalized spacial score (nSPS) is 22.4. The number of para-hydroxylation sites is 1. The van der Waals surface area contributed by atoms with Gasteiger partial charge in [-0.2, -0.15) is 0 Å². The van der Waals surface area contributed by atoms with Crippen LogP contribution in [0, 0.1) is 0 Å². The van der Waals surface area contributed by atoms with Crippen molar-refractivity contribution in [3.8, 4) is 0 Å². The lowest BCUT2D eigenvalue weighted by molar-refractivity contribution is -0.116. The number of nitrogens with one attached hydrogen (secondary N) is 1. The number of fused-ring (bicyclic) bond motifs is 2. The van der Waals surface area contributed by atoms with Crippen molar-refractivity contribution in [2.75, 3.05) is 31.5 Å². The van der Waals surface area contributed by atoms with Gasteiger partial charge in [0.15, 0.2) is 0 Å². The zero-order chi connectivity index (χ0) is 22.2. The Balaban J connectivity index is 1.14. The van der Waals surface area contributed by atoms with E-state index in [1.54, 1.807) is 0 Å². The lowest BCUT2D eigenvalue weighted by atomic mass is 9.94. The number of nitrogens with zero attached hydrogens (tertiary/aromatic N) is 3. The van der Waals surface area contributed by atoms with E-state index in [2.05, 4.69) is 39.4 Å². The van der Waals surface area contributed by atoms with E-state index >= 15 is 0 Å². The predicted octanol–water partition coefficient (Wildman–Crippen LogP) is 4.77. The molecule has 3 aromatic rings. The molecule has 1 saturated carbocycles. The molecule has 0 bridgehead atoms. The van der Waals surface area contributed by atoms with Crippen molar-refractivity contribution >= 4 is 22.5 Å². The van der Waals surface area contributed by atoms with E-state index < -0.39 is 0 Å². The Morgan fingerprint density at radius 2 is 1.73 bits per heavy atom. The molecule has 5 nitrogen and oxygen atoms in total. The summed E-state index contributed by atoms with van der Waals surface area (Å²) in [6, 6.07) is 19.5. The third kappa shape index (κ3) is 4.16. The van der Waals surface area contributed by atoms with Crippen LogP contribution in [-0.4, -0.2) is 52.9 Å². The molecule has 1 amide bonds. The van der Waals surface area contributed by atoms with Crippen molar-refractivity contribution in [1.82, 2.24) is 14.8 Å². The maximum atomic E-state index is 12.6. The van der Waals surface area contributed by atoms with Gasteiger partial charge in [0.1, 0.15) is 5.92 Å². The van der Waals surface area contributed by atoms with Crippen molar-refractivity contribution < 1.29 is 4.79 Å². The number of anilines is 1. The predicted molar refractivity (Wildman–Crippen MR) is 132 cm³/mol. The number of carbonyl (C=O) groups is 1. The Morgan fingerprint density at radius 1 is 0.909 bits per heavy atom. The van der Waals surface area contributed by atoms with Gasteiger partial charge in [-0.1, -0.05) is 49.6 Å². The summed E-state index contributed by atoms with van der Waals surface area (Å²) in [6.45, 7) is 5.71. The maximum absolute atomic E-state index is 12.6. The second-order valence-electron chi connectivity index (χ2n) is 9.88. The van der Waals surface area contributed by atoms with E-state index in [9.17, 15) is 4.79 Å². The fraction of sp³-hybridized carbons (Fsp3) is 0.429. The molecule has 1 aromatic heterocycles. The molecule has 1 aliphatic carbocycles. The monoisotopic (exact) mass is 440 g/mol. The second kappa shape index (κ2) is 8.88. The average molecular weight is 441 g/mol. The van der Waals surface area contributed by atoms with Crippen molar-refractivity contribution in [3.05, 3.63) is 71.4 Å². The molecular formula is C28H32N4O. The number of piperazine rings is 1. The van der Waals surface area contributed by atoms with E-state index in [1.807, 2.05) is 30.3 Å². The van der Waals surface area contributed by atoms with Gasteiger partial charge < -0.3 is 5.32 Å². The maximum Gasteiger partial charge on any atom is 0.238 e. The summed E-state index contributed by atoms with van der Waals surface area (Å²) in [4.78, 5) is 22.8. The molecule has 1 saturated heterocycles. The van der Waals surface area contributed by atoms with Gasteiger partial charge in [0.05, 0.1) is 11.2 Å². The largest absolute Gasteiger partial charge is 0.325 e. The molecule has 1 unspecified atom stereocenters. The van der Waals surface area contributed by atoms with Crippen LogP contribution in [0.2, 0.25) is 0 Å². The SMILES string of the molecule is O=C1Nc2ccccc2C1c1ccc2cc(CN3CCN(C4CCCCC4)CC3)ccc2n1. The van der Waals surface area contributed by atoms with Crippen molar-refractivity contribution in [2.24, 2.45) is 0 Å². The van der Waals surface area contributed by atoms with Crippen LogP contribution >= 0.6 is 0 Å². The smallest absolute Gasteiger partial charge is 0.238 e. The van der Waals surface area contributed by atoms with Crippen LogP contribution in [-0.2, 0) is 11.3 Å². The van der Waals surface area contributed by atoms with Crippen LogP contribution < -0.4 is 5.32 Å². The summed E-state index contributed by atoms with van der Waals surface area (Å²) in [5.41, 5.74) is 5.02. The van der Waals surface area contributed by atoms with Crippen molar-refractivity contribution in [1.29, 1.82) is 0 Å². The third-order valence-corrected chi connectivity index (χ3v) is 7.77. The number of amides is 1. The lowest BCUT2D eigenvalue weighted by Gasteiger charge is -2.40. The van der Waals surface area contributed by atoms with E-state index in [0.717, 1.165) is 53.5 Å². The fourth-order valence-corrected chi connectivity index (χ4v) is 5.94. The van der Waals surface area contributed by atoms with Crippen LogP contribution in [0.4, 0.5) is 5.69 Å². The first kappa shape index (κ1) is 20.8. The van der Waals surface area contributed by atoms with Crippen LogP contribution in [0.25, 0.3) is 10.9 Å². The molecule has 0 spiro atoms. The molecular weight excluding hydrogens is 408 g/mol. The molecule has 170 valence electrons. The van der Waals surface area contributed by atoms with Gasteiger partial charge in [0, 0.05) is 49.8 Å². The van der Waals surface area contributed by atoms with E-state index in [0.29, 0.717) is 0 Å². The minimum Gasteiger partial charge on any atom is -0.325 e. The highest BCUT2D eigenvalue weighted by atomic mass is 16.2. The fourth-order valence-electron chi connectivity index (χ4n) is 5.94. The second-order valence-corrected chi connectivity index (χ2v) is 9.88. The average Bonchev–Trinajstić information content (AvgIpc) is 3.20. The minimum absolute atomic E-state index is 0.00652. The summed E-state index contributed by atoms with van der Waals surface area (Å²) in [5, 5.41) is 4.13. The summed E-state index contributed by atoms with van der Waals surface area (Å²) >= 11 is 0. The Kier molecular flexibility index (Phi) is 5.60. The van der Waals surface area contributed by atoms with Gasteiger partial charge in [0.2, 0.25) is 5.91 Å². The Morgan fingerprint density at radius 3 is 2.58 bits per heavy atom. The van der Waals surface area contributed by atoms with Crippen molar-refractivity contribution in [3.63, 3.8) is 0 Å². The van der Waals surface area contributed by atoms with E-state index in [4.69, 9.17) is 4.98 Å². The molecule has 33 heavy (non-hydrogen) atoms. The van der Waals surface area contributed by atoms with E-state index in [1.165, 1.54) is 50.8 Å². The molecule has 0 radical (unpaired) electrons. The molecule has 2 aromatic carbocycles. The Hall–Kier alpha value is -2.76. The van der Waals surface area contributed by atoms with Gasteiger partial charge >= 0.3 is 0 Å². The van der Waals surface area contributed by atoms with Crippen LogP contribution in [0.5, 0.6) is 0 Å². The van der Waals surface area contributed by atoms with Crippen LogP contribution in [0.15, 0.2) is 54.6 Å². The highest BCUT2D eigenvalue weighted by Gasteiger charge is 2.32. The summed E-state index contributed by atoms with van der Waals surface area (Å²) in [6.07, 6.45) is 7.04. The zero-order valence-corrected chi connectivity index (χ0v) is 19.2. The summed E-state index contributed by atoms with van der Waals surface area (Å²) in [7, 11) is 0. The lowest BCUT2D eigenvalue weighted by Crippen LogP contribution is -2.50. The van der Waals surface area contributed by atoms with E-state index in [-0.39, 0.29) is 11.8 Å². The molecule has 6 rings (SSSR count). The number of carbonyl (C=O) groups excluding carboxylic acids is 1. The summed E-state index contributed by atoms with van der Waals surface area (Å²) < 4.78 is 0. The van der Waals surface area contributed by atoms with Gasteiger partial charge in [-0.25, -0.2) is 0 Å². The molecule has 1 atom stereocenters. The first-order valence-electron chi connectivity index (χ1n) is 12.5. The zero-order valence-electron chi connectivity index (χ0n) is 19.2. The highest BCUT2D eigenvalue weighted by molar-refractivity contribution is 6.05. The van der Waals surface area contributed by atoms with Gasteiger partial charge in [0.25, 0.3) is 0 Å². The molecule has 1 N–H and O–H groups in total. The minimum atomic E-state index is -0.328. The molecule has 3 heterocycles. The van der Waals surface area contributed by atoms with Crippen LogP contribution in [0.1, 0.15) is 54.8 Å². The quantitative estimate of drug-likeness (QED) is 0.635. The van der Waals surface area contributed by atoms with Crippen molar-refractivity contribution in [2.45, 2.75) is 50.6 Å². The third-order valence-electron chi connectivity index (χ3n) is 7.77. The van der Waals surface area contributed by atoms with Crippen LogP contribution in [0.3, 0.4) is 0 Å². The Labute approximate surface area is 195 Å². The standard InChI is InChI=1S/C28H32N4O/c33-28-27(23-8-4-5-9-25(23)30-28)26-13-11-21-18-20(10-12-24(21)29-26)19-31-14-16-32(17-15-31)22-6-2-1-3-7-22/h4-5,8-13,18,22,27H,1-3,6-7,14-17,19H2,(H,30,33).